The minimum Gasteiger partial charge on any atom is -0.449 e. The molecule has 0 saturated carbocycles. The molecule has 27 heavy (non-hydrogen) atoms. The standard InChI is InChI=1S/C20H19N3O4/c21-13-14-5-7-15(8-6-14)23-11-9-18(19(23)25)27-20(26)16-3-1-2-4-17(16)22-10-12-24/h1-8,18,22,24H,9-12H2/t18-/m0/s1. The van der Waals surface area contributed by atoms with E-state index in [0.717, 1.165) is 0 Å². The summed E-state index contributed by atoms with van der Waals surface area (Å²) >= 11 is 0. The van der Waals surface area contributed by atoms with Gasteiger partial charge in [0.05, 0.1) is 23.8 Å². The summed E-state index contributed by atoms with van der Waals surface area (Å²) in [5.41, 5.74) is 2.05. The number of aliphatic hydroxyl groups excluding tert-OH is 1. The Morgan fingerprint density at radius 3 is 2.70 bits per heavy atom. The van der Waals surface area contributed by atoms with Gasteiger partial charge in [-0.3, -0.25) is 4.79 Å². The van der Waals surface area contributed by atoms with E-state index in [1.807, 2.05) is 6.07 Å². The van der Waals surface area contributed by atoms with Crippen molar-refractivity contribution in [1.29, 1.82) is 5.26 Å². The molecule has 0 unspecified atom stereocenters. The molecule has 1 fully saturated rings. The Labute approximate surface area is 156 Å². The van der Waals surface area contributed by atoms with Crippen LogP contribution in [0.2, 0.25) is 0 Å². The monoisotopic (exact) mass is 365 g/mol. The molecule has 1 amide bonds. The maximum Gasteiger partial charge on any atom is 0.341 e. The van der Waals surface area contributed by atoms with Gasteiger partial charge in [-0.2, -0.15) is 5.26 Å². The number of rotatable bonds is 6. The Balaban J connectivity index is 1.69. The van der Waals surface area contributed by atoms with E-state index in [-0.39, 0.29) is 12.5 Å². The molecule has 2 aromatic carbocycles. The summed E-state index contributed by atoms with van der Waals surface area (Å²) in [6.45, 7) is 0.677. The number of hydrogen-bond donors (Lipinski definition) is 2. The molecule has 7 nitrogen and oxygen atoms in total. The van der Waals surface area contributed by atoms with Gasteiger partial charge in [0.2, 0.25) is 0 Å². The number of carbonyl (C=O) groups excluding carboxylic acids is 2. The van der Waals surface area contributed by atoms with Crippen LogP contribution in [0.4, 0.5) is 11.4 Å². The molecule has 2 N–H and O–H groups in total. The predicted molar refractivity (Wildman–Crippen MR) is 99.3 cm³/mol. The zero-order chi connectivity index (χ0) is 19.2. The lowest BCUT2D eigenvalue weighted by Crippen LogP contribution is -2.32. The number of nitriles is 1. The molecule has 7 heteroatoms. The second-order valence-corrected chi connectivity index (χ2v) is 6.03. The van der Waals surface area contributed by atoms with Crippen LogP contribution in [-0.4, -0.2) is 42.8 Å². The van der Waals surface area contributed by atoms with Crippen LogP contribution >= 0.6 is 0 Å². The molecule has 0 aliphatic carbocycles. The van der Waals surface area contributed by atoms with Crippen molar-refractivity contribution in [2.75, 3.05) is 29.9 Å². The third-order valence-corrected chi connectivity index (χ3v) is 4.29. The van der Waals surface area contributed by atoms with Crippen molar-refractivity contribution in [2.45, 2.75) is 12.5 Å². The molecule has 0 bridgehead atoms. The highest BCUT2D eigenvalue weighted by molar-refractivity contribution is 6.02. The third kappa shape index (κ3) is 4.07. The lowest BCUT2D eigenvalue weighted by atomic mass is 10.1. The third-order valence-electron chi connectivity index (χ3n) is 4.29. The van der Waals surface area contributed by atoms with Crippen molar-refractivity contribution in [3.63, 3.8) is 0 Å². The van der Waals surface area contributed by atoms with Crippen LogP contribution in [-0.2, 0) is 9.53 Å². The maximum absolute atomic E-state index is 12.6. The Hall–Kier alpha value is -3.37. The molecule has 1 aliphatic rings. The van der Waals surface area contributed by atoms with Crippen molar-refractivity contribution in [2.24, 2.45) is 0 Å². The molecule has 1 atom stereocenters. The van der Waals surface area contributed by atoms with E-state index >= 15 is 0 Å². The smallest absolute Gasteiger partial charge is 0.341 e. The van der Waals surface area contributed by atoms with Gasteiger partial charge in [0.25, 0.3) is 5.91 Å². The predicted octanol–water partition coefficient (Wildman–Crippen LogP) is 1.92. The molecule has 0 spiro atoms. The van der Waals surface area contributed by atoms with E-state index in [0.29, 0.717) is 42.0 Å². The Bertz CT molecular complexity index is 874. The topological polar surface area (TPSA) is 103 Å². The molecule has 0 radical (unpaired) electrons. The number of hydrogen-bond acceptors (Lipinski definition) is 6. The molecule has 3 rings (SSSR count). The summed E-state index contributed by atoms with van der Waals surface area (Å²) in [7, 11) is 0. The van der Waals surface area contributed by atoms with E-state index in [1.165, 1.54) is 0 Å². The van der Waals surface area contributed by atoms with E-state index in [2.05, 4.69) is 5.32 Å². The fraction of sp³-hybridized carbons (Fsp3) is 0.250. The largest absolute Gasteiger partial charge is 0.449 e. The van der Waals surface area contributed by atoms with Crippen molar-refractivity contribution in [1.82, 2.24) is 0 Å². The number of aliphatic hydroxyl groups is 1. The van der Waals surface area contributed by atoms with Crippen LogP contribution in [0.25, 0.3) is 0 Å². The summed E-state index contributed by atoms with van der Waals surface area (Å²) in [6, 6.07) is 15.5. The lowest BCUT2D eigenvalue weighted by molar-refractivity contribution is -0.124. The molecule has 138 valence electrons. The van der Waals surface area contributed by atoms with Gasteiger partial charge in [0.1, 0.15) is 0 Å². The fourth-order valence-corrected chi connectivity index (χ4v) is 2.93. The normalized spacial score (nSPS) is 16.1. The zero-order valence-corrected chi connectivity index (χ0v) is 14.6. The summed E-state index contributed by atoms with van der Waals surface area (Å²) < 4.78 is 5.44. The number of benzene rings is 2. The number of nitrogens with one attached hydrogen (secondary N) is 1. The second kappa shape index (κ2) is 8.34. The number of ether oxygens (including phenoxy) is 1. The highest BCUT2D eigenvalue weighted by Gasteiger charge is 2.36. The molecule has 1 heterocycles. The Morgan fingerprint density at radius 2 is 2.00 bits per heavy atom. The van der Waals surface area contributed by atoms with Gasteiger partial charge in [-0.1, -0.05) is 12.1 Å². The average Bonchev–Trinajstić information content (AvgIpc) is 3.07. The first kappa shape index (κ1) is 18.4. The number of amides is 1. The van der Waals surface area contributed by atoms with Crippen molar-refractivity contribution >= 4 is 23.3 Å². The molecule has 1 aliphatic heterocycles. The Morgan fingerprint density at radius 1 is 1.26 bits per heavy atom. The minimum atomic E-state index is -0.848. The quantitative estimate of drug-likeness (QED) is 0.758. The van der Waals surface area contributed by atoms with Crippen molar-refractivity contribution in [3.05, 3.63) is 59.7 Å². The van der Waals surface area contributed by atoms with Gasteiger partial charge in [-0.25, -0.2) is 4.79 Å². The summed E-state index contributed by atoms with van der Waals surface area (Å²) in [4.78, 5) is 26.7. The molecule has 0 aromatic heterocycles. The molecular formula is C20H19N3O4. The van der Waals surface area contributed by atoms with Crippen LogP contribution in [0.15, 0.2) is 48.5 Å². The first-order valence-electron chi connectivity index (χ1n) is 8.60. The average molecular weight is 365 g/mol. The van der Waals surface area contributed by atoms with Crippen LogP contribution in [0.3, 0.4) is 0 Å². The van der Waals surface area contributed by atoms with Crippen LogP contribution < -0.4 is 10.2 Å². The second-order valence-electron chi connectivity index (χ2n) is 6.03. The van der Waals surface area contributed by atoms with Crippen LogP contribution in [0.1, 0.15) is 22.3 Å². The maximum atomic E-state index is 12.6. The van der Waals surface area contributed by atoms with Gasteiger partial charge in [0.15, 0.2) is 6.10 Å². The summed E-state index contributed by atoms with van der Waals surface area (Å²) in [5, 5.41) is 20.8. The SMILES string of the molecule is N#Cc1ccc(N2CC[C@H](OC(=O)c3ccccc3NCCO)C2=O)cc1. The number of carbonyl (C=O) groups is 2. The lowest BCUT2D eigenvalue weighted by Gasteiger charge is -2.17. The van der Waals surface area contributed by atoms with Crippen molar-refractivity contribution in [3.8, 4) is 6.07 Å². The molecule has 2 aromatic rings. The van der Waals surface area contributed by atoms with Gasteiger partial charge >= 0.3 is 5.97 Å². The summed E-state index contributed by atoms with van der Waals surface area (Å²) in [6.07, 6.45) is -0.448. The van der Waals surface area contributed by atoms with E-state index in [1.54, 1.807) is 53.4 Å². The van der Waals surface area contributed by atoms with Gasteiger partial charge in [0, 0.05) is 30.9 Å². The van der Waals surface area contributed by atoms with Crippen LogP contribution in [0, 0.1) is 11.3 Å². The van der Waals surface area contributed by atoms with Crippen LogP contribution in [0.5, 0.6) is 0 Å². The fourth-order valence-electron chi connectivity index (χ4n) is 2.93. The Kier molecular flexibility index (Phi) is 5.69. The van der Waals surface area contributed by atoms with Gasteiger partial charge in [-0.05, 0) is 36.4 Å². The number of esters is 1. The van der Waals surface area contributed by atoms with Crippen molar-refractivity contribution < 1.29 is 19.4 Å². The molecule has 1 saturated heterocycles. The first-order chi connectivity index (χ1) is 13.1. The molecular weight excluding hydrogens is 346 g/mol. The number of nitrogens with zero attached hydrogens (tertiary/aromatic N) is 2. The van der Waals surface area contributed by atoms with E-state index in [4.69, 9.17) is 15.1 Å². The van der Waals surface area contributed by atoms with Gasteiger partial charge in [-0.15, -0.1) is 0 Å². The highest BCUT2D eigenvalue weighted by atomic mass is 16.5. The zero-order valence-electron chi connectivity index (χ0n) is 14.6. The highest BCUT2D eigenvalue weighted by Crippen LogP contribution is 2.25. The van der Waals surface area contributed by atoms with E-state index in [9.17, 15) is 9.59 Å². The van der Waals surface area contributed by atoms with Gasteiger partial charge < -0.3 is 20.1 Å². The summed E-state index contributed by atoms with van der Waals surface area (Å²) in [5.74, 6) is -0.870. The number of para-hydroxylation sites is 1. The number of anilines is 2. The first-order valence-corrected chi connectivity index (χ1v) is 8.60. The minimum absolute atomic E-state index is 0.0654. The van der Waals surface area contributed by atoms with E-state index < -0.39 is 12.1 Å².